The first-order valence-corrected chi connectivity index (χ1v) is 8.41. The zero-order chi connectivity index (χ0) is 18.6. The Morgan fingerprint density at radius 3 is 2.74 bits per heavy atom. The Labute approximate surface area is 155 Å². The van der Waals surface area contributed by atoms with Crippen LogP contribution in [-0.4, -0.2) is 36.1 Å². The number of rotatable bonds is 5. The van der Waals surface area contributed by atoms with Gasteiger partial charge in [-0.15, -0.1) is 10.2 Å². The molecular weight excluding hydrogens is 342 g/mol. The lowest BCUT2D eigenvalue weighted by Gasteiger charge is -2.10. The monoisotopic (exact) mass is 359 g/mol. The summed E-state index contributed by atoms with van der Waals surface area (Å²) in [7, 11) is 0. The van der Waals surface area contributed by atoms with Crippen LogP contribution >= 0.6 is 0 Å². The number of imidazole rings is 1. The van der Waals surface area contributed by atoms with Crippen LogP contribution in [0.4, 0.5) is 5.69 Å². The fourth-order valence-electron chi connectivity index (χ4n) is 2.89. The van der Waals surface area contributed by atoms with Crippen molar-refractivity contribution in [1.82, 2.24) is 30.2 Å². The van der Waals surface area contributed by atoms with Crippen LogP contribution in [0, 0.1) is 0 Å². The summed E-state index contributed by atoms with van der Waals surface area (Å²) in [6, 6.07) is 15.6. The van der Waals surface area contributed by atoms with Crippen LogP contribution in [0.25, 0.3) is 22.8 Å². The van der Waals surface area contributed by atoms with Crippen molar-refractivity contribution in [2.45, 2.75) is 13.5 Å². The molecule has 134 valence electrons. The number of aromatic nitrogens is 6. The number of amides is 1. The lowest BCUT2D eigenvalue weighted by atomic mass is 10.1. The molecule has 0 aliphatic rings. The van der Waals surface area contributed by atoms with Gasteiger partial charge >= 0.3 is 0 Å². The van der Waals surface area contributed by atoms with E-state index in [4.69, 9.17) is 0 Å². The third-order valence-electron chi connectivity index (χ3n) is 4.06. The molecule has 27 heavy (non-hydrogen) atoms. The summed E-state index contributed by atoms with van der Waals surface area (Å²) in [5.74, 6) is 1.33. The maximum absolute atomic E-state index is 11.2. The fraction of sp³-hybridized carbons (Fsp3) is 0.105. The molecule has 8 heteroatoms. The standard InChI is InChI=1S/C19H17N7O/c1-13(27)21-17-7-5-15(6-8-17)19-20-9-10-26(19)12-14-3-2-4-16(11-14)18-22-24-25-23-18/h2-11H,12H2,1H3,(H,21,27)(H,22,23,24,25). The molecule has 4 rings (SSSR count). The number of tetrazole rings is 1. The van der Waals surface area contributed by atoms with Gasteiger partial charge in [0, 0.05) is 42.7 Å². The number of aromatic amines is 1. The summed E-state index contributed by atoms with van der Waals surface area (Å²) in [6.07, 6.45) is 3.72. The van der Waals surface area contributed by atoms with E-state index in [9.17, 15) is 4.79 Å². The van der Waals surface area contributed by atoms with Crippen molar-refractivity contribution in [3.8, 4) is 22.8 Å². The molecule has 2 aromatic heterocycles. The Balaban J connectivity index is 1.58. The first kappa shape index (κ1) is 16.6. The van der Waals surface area contributed by atoms with E-state index in [-0.39, 0.29) is 5.91 Å². The molecule has 0 aliphatic heterocycles. The van der Waals surface area contributed by atoms with Gasteiger partial charge in [-0.1, -0.05) is 18.2 Å². The number of hydrogen-bond donors (Lipinski definition) is 2. The van der Waals surface area contributed by atoms with Crippen LogP contribution in [0.5, 0.6) is 0 Å². The summed E-state index contributed by atoms with van der Waals surface area (Å²) in [4.78, 5) is 15.6. The van der Waals surface area contributed by atoms with Crippen LogP contribution < -0.4 is 5.32 Å². The molecule has 0 fully saturated rings. The second kappa shape index (κ2) is 7.20. The minimum Gasteiger partial charge on any atom is -0.327 e. The molecule has 0 aliphatic carbocycles. The van der Waals surface area contributed by atoms with Gasteiger partial charge in [-0.25, -0.2) is 4.98 Å². The van der Waals surface area contributed by atoms with Gasteiger partial charge in [0.2, 0.25) is 11.7 Å². The van der Waals surface area contributed by atoms with Crippen molar-refractivity contribution in [1.29, 1.82) is 0 Å². The zero-order valence-corrected chi connectivity index (χ0v) is 14.6. The van der Waals surface area contributed by atoms with Gasteiger partial charge in [-0.3, -0.25) is 4.79 Å². The molecule has 0 bridgehead atoms. The molecule has 0 unspecified atom stereocenters. The minimum atomic E-state index is -0.0919. The molecule has 0 atom stereocenters. The van der Waals surface area contributed by atoms with Crippen molar-refractivity contribution in [3.63, 3.8) is 0 Å². The molecule has 8 nitrogen and oxygen atoms in total. The van der Waals surface area contributed by atoms with E-state index in [1.165, 1.54) is 6.92 Å². The van der Waals surface area contributed by atoms with E-state index in [2.05, 4.69) is 35.5 Å². The summed E-state index contributed by atoms with van der Waals surface area (Å²) in [5, 5.41) is 16.9. The molecule has 1 amide bonds. The molecule has 0 spiro atoms. The summed E-state index contributed by atoms with van der Waals surface area (Å²) < 4.78 is 2.07. The van der Waals surface area contributed by atoms with Crippen LogP contribution in [-0.2, 0) is 11.3 Å². The highest BCUT2D eigenvalue weighted by Gasteiger charge is 2.09. The van der Waals surface area contributed by atoms with Crippen molar-refractivity contribution >= 4 is 11.6 Å². The van der Waals surface area contributed by atoms with Gasteiger partial charge in [0.25, 0.3) is 0 Å². The van der Waals surface area contributed by atoms with E-state index in [0.717, 1.165) is 28.2 Å². The Morgan fingerprint density at radius 2 is 2.00 bits per heavy atom. The second-order valence-corrected chi connectivity index (χ2v) is 6.07. The van der Waals surface area contributed by atoms with Crippen molar-refractivity contribution in [3.05, 3.63) is 66.5 Å². The lowest BCUT2D eigenvalue weighted by Crippen LogP contribution is -2.05. The van der Waals surface area contributed by atoms with Crippen LogP contribution in [0.15, 0.2) is 60.9 Å². The largest absolute Gasteiger partial charge is 0.327 e. The number of carbonyl (C=O) groups excluding carboxylic acids is 1. The topological polar surface area (TPSA) is 101 Å². The number of H-pyrrole nitrogens is 1. The van der Waals surface area contributed by atoms with E-state index >= 15 is 0 Å². The smallest absolute Gasteiger partial charge is 0.221 e. The Hall–Kier alpha value is -3.81. The number of nitrogens with one attached hydrogen (secondary N) is 2. The lowest BCUT2D eigenvalue weighted by molar-refractivity contribution is -0.114. The predicted molar refractivity (Wildman–Crippen MR) is 101 cm³/mol. The molecule has 4 aromatic rings. The number of anilines is 1. The van der Waals surface area contributed by atoms with E-state index in [1.807, 2.05) is 54.7 Å². The Morgan fingerprint density at radius 1 is 1.15 bits per heavy atom. The van der Waals surface area contributed by atoms with Gasteiger partial charge < -0.3 is 9.88 Å². The van der Waals surface area contributed by atoms with Crippen LogP contribution in [0.2, 0.25) is 0 Å². The van der Waals surface area contributed by atoms with Crippen LogP contribution in [0.3, 0.4) is 0 Å². The SMILES string of the molecule is CC(=O)Nc1ccc(-c2nccn2Cc2cccc(-c3nn[nH]n3)c2)cc1. The molecule has 0 saturated heterocycles. The van der Waals surface area contributed by atoms with Gasteiger partial charge in [-0.05, 0) is 41.1 Å². The second-order valence-electron chi connectivity index (χ2n) is 6.07. The van der Waals surface area contributed by atoms with E-state index in [1.54, 1.807) is 6.20 Å². The summed E-state index contributed by atoms with van der Waals surface area (Å²) >= 11 is 0. The third kappa shape index (κ3) is 3.74. The van der Waals surface area contributed by atoms with Crippen molar-refractivity contribution in [2.75, 3.05) is 5.32 Å². The molecule has 2 N–H and O–H groups in total. The first-order valence-electron chi connectivity index (χ1n) is 8.41. The Bertz CT molecular complexity index is 1050. The third-order valence-corrected chi connectivity index (χ3v) is 4.06. The van der Waals surface area contributed by atoms with Crippen LogP contribution in [0.1, 0.15) is 12.5 Å². The van der Waals surface area contributed by atoms with Gasteiger partial charge in [0.1, 0.15) is 5.82 Å². The summed E-state index contributed by atoms with van der Waals surface area (Å²) in [5.41, 5.74) is 3.74. The highest BCUT2D eigenvalue weighted by molar-refractivity contribution is 5.88. The molecular formula is C19H17N7O. The molecule has 0 radical (unpaired) electrons. The number of benzene rings is 2. The normalized spacial score (nSPS) is 10.7. The minimum absolute atomic E-state index is 0.0919. The zero-order valence-electron chi connectivity index (χ0n) is 14.6. The quantitative estimate of drug-likeness (QED) is 0.570. The van der Waals surface area contributed by atoms with Crippen molar-refractivity contribution in [2.24, 2.45) is 0 Å². The molecule has 0 saturated carbocycles. The average Bonchev–Trinajstić information content (AvgIpc) is 3.34. The fourth-order valence-corrected chi connectivity index (χ4v) is 2.89. The molecule has 2 heterocycles. The number of carbonyl (C=O) groups is 1. The first-order chi connectivity index (χ1) is 13.2. The maximum atomic E-state index is 11.2. The number of nitrogens with zero attached hydrogens (tertiary/aromatic N) is 5. The summed E-state index contributed by atoms with van der Waals surface area (Å²) in [6.45, 7) is 2.15. The van der Waals surface area contributed by atoms with Gasteiger partial charge in [-0.2, -0.15) is 5.21 Å². The molecule has 2 aromatic carbocycles. The Kier molecular flexibility index (Phi) is 4.44. The predicted octanol–water partition coefficient (Wildman–Crippen LogP) is 2.74. The van der Waals surface area contributed by atoms with E-state index < -0.39 is 0 Å². The van der Waals surface area contributed by atoms with E-state index in [0.29, 0.717) is 12.4 Å². The maximum Gasteiger partial charge on any atom is 0.221 e. The average molecular weight is 359 g/mol. The van der Waals surface area contributed by atoms with Crippen molar-refractivity contribution < 1.29 is 4.79 Å². The highest BCUT2D eigenvalue weighted by atomic mass is 16.1. The van der Waals surface area contributed by atoms with Gasteiger partial charge in [0.05, 0.1) is 0 Å². The number of hydrogen-bond acceptors (Lipinski definition) is 5. The highest BCUT2D eigenvalue weighted by Crippen LogP contribution is 2.22. The van der Waals surface area contributed by atoms with Gasteiger partial charge in [0.15, 0.2) is 0 Å².